The van der Waals surface area contributed by atoms with Gasteiger partial charge in [0.25, 0.3) is 0 Å². The van der Waals surface area contributed by atoms with E-state index in [1.165, 1.54) is 0 Å². The number of rotatable bonds is 7. The molecule has 0 saturated carbocycles. The molecule has 0 heterocycles. The van der Waals surface area contributed by atoms with Crippen molar-refractivity contribution in [3.63, 3.8) is 0 Å². The zero-order valence-electron chi connectivity index (χ0n) is 8.36. The van der Waals surface area contributed by atoms with E-state index in [0.717, 1.165) is 25.7 Å². The van der Waals surface area contributed by atoms with Gasteiger partial charge in [-0.05, 0) is 12.3 Å². The average molecular weight is 342 g/mol. The van der Waals surface area contributed by atoms with Gasteiger partial charge in [0.1, 0.15) is 0 Å². The first-order chi connectivity index (χ1) is 5.99. The Morgan fingerprint density at radius 1 is 1.21 bits per heavy atom. The number of hydrogen-bond donors (Lipinski definition) is 3. The van der Waals surface area contributed by atoms with Crippen molar-refractivity contribution in [1.29, 1.82) is 0 Å². The van der Waals surface area contributed by atoms with Gasteiger partial charge in [0, 0.05) is 6.61 Å². The quantitative estimate of drug-likeness (QED) is 0.569. The maximum atomic E-state index is 8.62. The molecule has 6 heteroatoms. The molecule has 0 aromatic rings. The van der Waals surface area contributed by atoms with E-state index in [2.05, 4.69) is 11.3 Å². The van der Waals surface area contributed by atoms with Gasteiger partial charge in [-0.2, -0.15) is 0 Å². The van der Waals surface area contributed by atoms with Gasteiger partial charge >= 0.3 is 77.9 Å². The van der Waals surface area contributed by atoms with Gasteiger partial charge < -0.3 is 18.8 Å². The van der Waals surface area contributed by atoms with Crippen molar-refractivity contribution in [2.24, 2.45) is 5.92 Å². The van der Waals surface area contributed by atoms with Gasteiger partial charge in [0.15, 0.2) is 0 Å². The minimum atomic E-state index is -4.28. The zero-order chi connectivity index (χ0) is 10.3. The molecule has 0 radical (unpaired) electrons. The molecule has 0 bridgehead atoms. The third kappa shape index (κ3) is 12.2. The third-order valence-corrected chi connectivity index (χ3v) is 2.61. The summed E-state index contributed by atoms with van der Waals surface area (Å²) in [6.45, 7) is 4.38. The van der Waals surface area contributed by atoms with E-state index in [-0.39, 0.29) is 75.5 Å². The summed E-state index contributed by atoms with van der Waals surface area (Å²) in [5.74, 6) is 0.318. The molecule has 4 nitrogen and oxygen atoms in total. The van der Waals surface area contributed by atoms with Gasteiger partial charge in [-0.25, -0.2) is 0 Å². The summed E-state index contributed by atoms with van der Waals surface area (Å²) < 4.78 is 4.58. The monoisotopic (exact) mass is 342 g/mol. The summed E-state index contributed by atoms with van der Waals surface area (Å²) in [5.41, 5.74) is 0. The maximum absolute atomic E-state index is 8.62. The van der Waals surface area contributed by atoms with E-state index >= 15 is 0 Å². The normalized spacial score (nSPS) is 13.5. The van der Waals surface area contributed by atoms with E-state index < -0.39 is 9.05 Å². The van der Waals surface area contributed by atoms with Gasteiger partial charge in [-0.1, -0.05) is 33.1 Å². The molecule has 0 aliphatic carbocycles. The van der Waals surface area contributed by atoms with Crippen LogP contribution in [0.1, 0.15) is 39.5 Å². The molecule has 0 amide bonds. The van der Waals surface area contributed by atoms with Crippen molar-refractivity contribution in [3.8, 4) is 0 Å². The fourth-order valence-corrected chi connectivity index (χ4v) is 1.59. The first kappa shape index (κ1) is 18.5. The van der Waals surface area contributed by atoms with Crippen LogP contribution in [0.5, 0.6) is 0 Å². The van der Waals surface area contributed by atoms with E-state index in [0.29, 0.717) is 5.92 Å². The van der Waals surface area contributed by atoms with Crippen molar-refractivity contribution in [1.82, 2.24) is 0 Å². The van der Waals surface area contributed by atoms with Crippen molar-refractivity contribution >= 4 is 77.9 Å². The van der Waals surface area contributed by atoms with Crippen LogP contribution in [0.2, 0.25) is 0 Å². The van der Waals surface area contributed by atoms with Crippen LogP contribution >= 0.6 is 0 Å². The molecule has 0 fully saturated rings. The molecule has 0 aromatic heterocycles. The van der Waals surface area contributed by atoms with Crippen molar-refractivity contribution in [2.45, 2.75) is 39.5 Å². The minimum absolute atomic E-state index is 0. The Hall–Kier alpha value is 2.11. The second-order valence-electron chi connectivity index (χ2n) is 3.30. The molecule has 0 aliphatic heterocycles. The van der Waals surface area contributed by atoms with Gasteiger partial charge in [0.2, 0.25) is 0 Å². The fraction of sp³-hybridized carbons (Fsp3) is 1.00. The summed E-state index contributed by atoms with van der Waals surface area (Å²) in [6.07, 6.45) is 4.18. The SMILES string of the molecule is CCCCC(CC)CO[Si](O)(O)O.[CsH]. The van der Waals surface area contributed by atoms with Crippen LogP contribution in [-0.4, -0.2) is 98.9 Å². The molecule has 0 aliphatic rings. The Bertz CT molecular complexity index is 129. The van der Waals surface area contributed by atoms with E-state index in [1.54, 1.807) is 0 Å². The van der Waals surface area contributed by atoms with Crippen LogP contribution in [0.4, 0.5) is 0 Å². The molecule has 82 valence electrons. The van der Waals surface area contributed by atoms with Crippen LogP contribution in [-0.2, 0) is 4.43 Å². The molecule has 14 heavy (non-hydrogen) atoms. The van der Waals surface area contributed by atoms with Crippen LogP contribution in [0.25, 0.3) is 0 Å². The standard InChI is InChI=1S/C8H20O4Si.Cs.H/c1-3-5-6-8(4-2)7-12-13(9,10)11;;/h8-11H,3-7H2,1-2H3;;. The van der Waals surface area contributed by atoms with E-state index in [9.17, 15) is 0 Å². The molecule has 0 spiro atoms. The van der Waals surface area contributed by atoms with Crippen molar-refractivity contribution in [3.05, 3.63) is 0 Å². The Kier molecular flexibility index (Phi) is 13.6. The van der Waals surface area contributed by atoms with Crippen LogP contribution in [0, 0.1) is 5.92 Å². The Balaban J connectivity index is 0. The topological polar surface area (TPSA) is 69.9 Å². The molecular weight excluding hydrogens is 321 g/mol. The molecular formula is C8H21CsO4Si. The van der Waals surface area contributed by atoms with Crippen LogP contribution in [0.3, 0.4) is 0 Å². The average Bonchev–Trinajstić information content (AvgIpc) is 2.03. The molecule has 1 unspecified atom stereocenters. The van der Waals surface area contributed by atoms with E-state index in [4.69, 9.17) is 14.4 Å². The summed E-state index contributed by atoms with van der Waals surface area (Å²) in [5, 5.41) is 0. The van der Waals surface area contributed by atoms with E-state index in [1.807, 2.05) is 6.92 Å². The third-order valence-electron chi connectivity index (χ3n) is 2.06. The van der Waals surface area contributed by atoms with Crippen LogP contribution < -0.4 is 0 Å². The van der Waals surface area contributed by atoms with Crippen molar-refractivity contribution in [2.75, 3.05) is 6.61 Å². The summed E-state index contributed by atoms with van der Waals surface area (Å²) in [7, 11) is -4.28. The van der Waals surface area contributed by atoms with Gasteiger partial charge in [0.05, 0.1) is 0 Å². The number of hydrogen-bond acceptors (Lipinski definition) is 4. The molecule has 0 aromatic carbocycles. The predicted octanol–water partition coefficient (Wildman–Crippen LogP) is -0.0166. The Morgan fingerprint density at radius 3 is 2.14 bits per heavy atom. The predicted molar refractivity (Wildman–Crippen MR) is 58.8 cm³/mol. The summed E-state index contributed by atoms with van der Waals surface area (Å²) in [6, 6.07) is 0. The van der Waals surface area contributed by atoms with Crippen molar-refractivity contribution < 1.29 is 18.8 Å². The fourth-order valence-electron chi connectivity index (χ4n) is 1.13. The van der Waals surface area contributed by atoms with Crippen LogP contribution in [0.15, 0.2) is 0 Å². The molecule has 3 N–H and O–H groups in total. The summed E-state index contributed by atoms with van der Waals surface area (Å²) >= 11 is 0. The first-order valence-electron chi connectivity index (χ1n) is 4.80. The van der Waals surface area contributed by atoms with Gasteiger partial charge in [-0.3, -0.25) is 0 Å². The molecule has 0 saturated heterocycles. The Labute approximate surface area is 146 Å². The Morgan fingerprint density at radius 2 is 1.79 bits per heavy atom. The first-order valence-corrected chi connectivity index (χ1v) is 6.55. The molecule has 0 rings (SSSR count). The second-order valence-corrected chi connectivity index (χ2v) is 4.74. The summed E-state index contributed by atoms with van der Waals surface area (Å²) in [4.78, 5) is 25.8. The van der Waals surface area contributed by atoms with Gasteiger partial charge in [-0.15, -0.1) is 0 Å². The second kappa shape index (κ2) is 10.3. The molecule has 1 atom stereocenters. The zero-order valence-corrected chi connectivity index (χ0v) is 9.36. The number of unbranched alkanes of at least 4 members (excludes halogenated alkanes) is 1.